The number of hydrogen-bond acceptors (Lipinski definition) is 3. The Bertz CT molecular complexity index is 533. The first-order valence-electron chi connectivity index (χ1n) is 5.95. The van der Waals surface area contributed by atoms with Crippen molar-refractivity contribution < 1.29 is 9.59 Å². The van der Waals surface area contributed by atoms with E-state index in [9.17, 15) is 9.59 Å². The second-order valence-electron chi connectivity index (χ2n) is 5.36. The predicted octanol–water partition coefficient (Wildman–Crippen LogP) is 2.04. The van der Waals surface area contributed by atoms with E-state index in [-0.39, 0.29) is 23.3 Å². The number of hydrogen-bond donors (Lipinski definition) is 0. The third kappa shape index (κ3) is 1.68. The quantitative estimate of drug-likeness (QED) is 0.488. The van der Waals surface area contributed by atoms with Crippen molar-refractivity contribution in [3.05, 3.63) is 28.5 Å². The minimum absolute atomic E-state index is 0.0585. The lowest BCUT2D eigenvalue weighted by molar-refractivity contribution is -0.119. The van der Waals surface area contributed by atoms with Crippen LogP contribution in [0.4, 0.5) is 0 Å². The van der Waals surface area contributed by atoms with E-state index in [1.165, 1.54) is 0 Å². The van der Waals surface area contributed by atoms with Gasteiger partial charge in [0.15, 0.2) is 0 Å². The Balaban J connectivity index is 1.87. The molecule has 4 nitrogen and oxygen atoms in total. The van der Waals surface area contributed by atoms with Crippen molar-refractivity contribution in [2.45, 2.75) is 31.8 Å². The summed E-state index contributed by atoms with van der Waals surface area (Å²) < 4.78 is 0.639. The molecule has 1 saturated heterocycles. The van der Waals surface area contributed by atoms with Gasteiger partial charge in [0.25, 0.3) is 0 Å². The SMILES string of the molecule is C[C@@]12C[C@@H](C(=O)c3cccc(Br)n3)N(C=O)[C@@H]1C2. The fourth-order valence-electron chi connectivity index (χ4n) is 2.92. The normalized spacial score (nSPS) is 33.1. The number of rotatable bonds is 3. The molecule has 2 heterocycles. The number of aromatic nitrogens is 1. The van der Waals surface area contributed by atoms with Crippen molar-refractivity contribution in [3.63, 3.8) is 0 Å². The largest absolute Gasteiger partial charge is 0.331 e. The summed E-state index contributed by atoms with van der Waals surface area (Å²) in [7, 11) is 0. The monoisotopic (exact) mass is 308 g/mol. The zero-order valence-electron chi connectivity index (χ0n) is 9.97. The molecule has 2 fully saturated rings. The van der Waals surface area contributed by atoms with Crippen LogP contribution in [-0.2, 0) is 4.79 Å². The van der Waals surface area contributed by atoms with E-state index in [1.54, 1.807) is 23.1 Å². The molecular weight excluding hydrogens is 296 g/mol. The van der Waals surface area contributed by atoms with E-state index in [0.717, 1.165) is 19.3 Å². The molecule has 1 aliphatic carbocycles. The average Bonchev–Trinajstić information content (AvgIpc) is 2.92. The van der Waals surface area contributed by atoms with E-state index in [2.05, 4.69) is 27.8 Å². The first kappa shape index (κ1) is 11.8. The fraction of sp³-hybridized carbons (Fsp3) is 0.462. The van der Waals surface area contributed by atoms with Crippen LogP contribution in [0.5, 0.6) is 0 Å². The van der Waals surface area contributed by atoms with Crippen LogP contribution in [0.15, 0.2) is 22.8 Å². The number of nitrogens with zero attached hydrogens (tertiary/aromatic N) is 2. The molecule has 3 atom stereocenters. The van der Waals surface area contributed by atoms with E-state index in [4.69, 9.17) is 0 Å². The lowest BCUT2D eigenvalue weighted by Crippen LogP contribution is -2.38. The summed E-state index contributed by atoms with van der Waals surface area (Å²) >= 11 is 3.26. The van der Waals surface area contributed by atoms with Gasteiger partial charge in [-0.05, 0) is 46.3 Å². The number of Topliss-reactive ketones (excluding diaryl/α,β-unsaturated/α-hetero) is 1. The number of piperidine rings is 1. The number of likely N-dealkylation sites (tertiary alicyclic amines) is 1. The highest BCUT2D eigenvalue weighted by molar-refractivity contribution is 9.10. The van der Waals surface area contributed by atoms with Crippen LogP contribution in [0, 0.1) is 5.41 Å². The molecule has 0 unspecified atom stereocenters. The first-order valence-corrected chi connectivity index (χ1v) is 6.74. The second-order valence-corrected chi connectivity index (χ2v) is 6.17. The summed E-state index contributed by atoms with van der Waals surface area (Å²) in [5.41, 5.74) is 0.568. The molecule has 0 bridgehead atoms. The lowest BCUT2D eigenvalue weighted by Gasteiger charge is -2.21. The Morgan fingerprint density at radius 3 is 3.00 bits per heavy atom. The third-order valence-electron chi connectivity index (χ3n) is 4.08. The highest BCUT2D eigenvalue weighted by Gasteiger charge is 2.62. The maximum atomic E-state index is 12.4. The molecule has 0 spiro atoms. The molecule has 5 heteroatoms. The first-order chi connectivity index (χ1) is 8.55. The van der Waals surface area contributed by atoms with Gasteiger partial charge in [0.1, 0.15) is 10.3 Å². The van der Waals surface area contributed by atoms with Crippen LogP contribution in [0.2, 0.25) is 0 Å². The molecule has 94 valence electrons. The predicted molar refractivity (Wildman–Crippen MR) is 69.1 cm³/mol. The highest BCUT2D eigenvalue weighted by Crippen LogP contribution is 2.58. The number of pyridine rings is 1. The Morgan fingerprint density at radius 2 is 2.33 bits per heavy atom. The molecule has 1 saturated carbocycles. The van der Waals surface area contributed by atoms with Gasteiger partial charge >= 0.3 is 0 Å². The van der Waals surface area contributed by atoms with E-state index in [0.29, 0.717) is 10.3 Å². The molecule has 18 heavy (non-hydrogen) atoms. The Hall–Kier alpha value is -1.23. The second kappa shape index (κ2) is 3.88. The molecule has 1 aromatic heterocycles. The minimum atomic E-state index is -0.340. The van der Waals surface area contributed by atoms with E-state index in [1.807, 2.05) is 0 Å². The smallest absolute Gasteiger partial charge is 0.210 e. The summed E-state index contributed by atoms with van der Waals surface area (Å²) in [5, 5.41) is 0. The average molecular weight is 309 g/mol. The minimum Gasteiger partial charge on any atom is -0.331 e. The number of ketones is 1. The molecule has 3 rings (SSSR count). The summed E-state index contributed by atoms with van der Waals surface area (Å²) in [6.07, 6.45) is 2.58. The van der Waals surface area contributed by atoms with Crippen molar-refractivity contribution in [2.24, 2.45) is 5.41 Å². The van der Waals surface area contributed by atoms with Crippen LogP contribution >= 0.6 is 15.9 Å². The maximum absolute atomic E-state index is 12.4. The van der Waals surface area contributed by atoms with Gasteiger partial charge in [0.05, 0.1) is 6.04 Å². The third-order valence-corrected chi connectivity index (χ3v) is 4.52. The van der Waals surface area contributed by atoms with Crippen molar-refractivity contribution in [1.29, 1.82) is 0 Å². The number of halogens is 1. The van der Waals surface area contributed by atoms with Crippen molar-refractivity contribution in [3.8, 4) is 0 Å². The molecule has 2 aliphatic rings. The van der Waals surface area contributed by atoms with Crippen LogP contribution in [-0.4, -0.2) is 34.2 Å². The van der Waals surface area contributed by atoms with Gasteiger partial charge in [-0.25, -0.2) is 4.98 Å². The maximum Gasteiger partial charge on any atom is 0.210 e. The van der Waals surface area contributed by atoms with E-state index < -0.39 is 0 Å². The van der Waals surface area contributed by atoms with Gasteiger partial charge in [-0.15, -0.1) is 0 Å². The zero-order chi connectivity index (χ0) is 12.9. The summed E-state index contributed by atoms with van der Waals surface area (Å²) in [6, 6.07) is 5.17. The topological polar surface area (TPSA) is 50.3 Å². The van der Waals surface area contributed by atoms with Gasteiger partial charge in [-0.3, -0.25) is 9.59 Å². The summed E-state index contributed by atoms with van der Waals surface area (Å²) in [4.78, 5) is 29.4. The van der Waals surface area contributed by atoms with Gasteiger partial charge in [0.2, 0.25) is 12.2 Å². The van der Waals surface area contributed by atoms with Crippen molar-refractivity contribution >= 4 is 28.1 Å². The number of carbonyl (C=O) groups is 2. The molecule has 0 aromatic carbocycles. The van der Waals surface area contributed by atoms with Crippen molar-refractivity contribution in [2.75, 3.05) is 0 Å². The van der Waals surface area contributed by atoms with Crippen LogP contribution in [0.1, 0.15) is 30.3 Å². The van der Waals surface area contributed by atoms with Gasteiger partial charge in [0, 0.05) is 6.04 Å². The summed E-state index contributed by atoms with van der Waals surface area (Å²) in [6.45, 7) is 2.13. The van der Waals surface area contributed by atoms with Gasteiger partial charge < -0.3 is 4.90 Å². The standard InChI is InChI=1S/C13H13BrN2O2/c1-13-5-9(16(7-17)10(13)6-13)12(18)8-3-2-4-11(14)15-8/h2-4,7,9-10H,5-6H2,1H3/t9-,10+,13-/m0/s1. The van der Waals surface area contributed by atoms with Gasteiger partial charge in [-0.2, -0.15) is 0 Å². The molecular formula is C13H13BrN2O2. The number of amides is 1. The van der Waals surface area contributed by atoms with Crippen LogP contribution < -0.4 is 0 Å². The molecule has 1 aromatic rings. The van der Waals surface area contributed by atoms with Crippen LogP contribution in [0.3, 0.4) is 0 Å². The summed E-state index contributed by atoms with van der Waals surface area (Å²) in [5.74, 6) is -0.0585. The highest BCUT2D eigenvalue weighted by atomic mass is 79.9. The zero-order valence-corrected chi connectivity index (χ0v) is 11.6. The van der Waals surface area contributed by atoms with Gasteiger partial charge in [-0.1, -0.05) is 13.0 Å². The number of fused-ring (bicyclic) bond motifs is 1. The molecule has 1 aliphatic heterocycles. The Morgan fingerprint density at radius 1 is 1.56 bits per heavy atom. The fourth-order valence-corrected chi connectivity index (χ4v) is 3.27. The van der Waals surface area contributed by atoms with Crippen molar-refractivity contribution in [1.82, 2.24) is 9.88 Å². The molecule has 1 amide bonds. The number of carbonyl (C=O) groups excluding carboxylic acids is 2. The van der Waals surface area contributed by atoms with Crippen LogP contribution in [0.25, 0.3) is 0 Å². The lowest BCUT2D eigenvalue weighted by atomic mass is 9.98. The van der Waals surface area contributed by atoms with E-state index >= 15 is 0 Å². The molecule has 0 radical (unpaired) electrons. The molecule has 0 N–H and O–H groups in total. The Kier molecular flexibility index (Phi) is 2.55. The Labute approximate surface area is 114 Å².